The van der Waals surface area contributed by atoms with Crippen LogP contribution in [0.2, 0.25) is 0 Å². The van der Waals surface area contributed by atoms with Crippen molar-refractivity contribution in [2.45, 2.75) is 13.0 Å². The van der Waals surface area contributed by atoms with E-state index in [0.29, 0.717) is 0 Å². The quantitative estimate of drug-likeness (QED) is 0.763. The monoisotopic (exact) mass is 218 g/mol. The lowest BCUT2D eigenvalue weighted by Crippen LogP contribution is -2.25. The molecule has 0 amide bonds. The molecule has 2 aromatic rings. The maximum atomic E-state index is 9.57. The Hall–Kier alpha value is -1.94. The molecule has 0 spiro atoms. The minimum Gasteiger partial charge on any atom is -0.480 e. The summed E-state index contributed by atoms with van der Waals surface area (Å²) in [6.07, 6.45) is 1.81. The van der Waals surface area contributed by atoms with Gasteiger partial charge in [0, 0.05) is 11.6 Å². The second-order valence-corrected chi connectivity index (χ2v) is 3.32. The first kappa shape index (κ1) is 12.1. The smallest absolute Gasteiger partial charge is 0.320 e. The Kier molecular flexibility index (Phi) is 4.42. The Labute approximate surface area is 93.7 Å². The van der Waals surface area contributed by atoms with Gasteiger partial charge in [-0.25, -0.2) is 0 Å². The number of nitrogens with zero attached hydrogens (tertiary/aromatic N) is 1. The number of hydrogen-bond acceptors (Lipinski definition) is 3. The molecule has 1 aromatic heterocycles. The minimum absolute atomic E-state index is 0.731. The van der Waals surface area contributed by atoms with Crippen LogP contribution in [0.1, 0.15) is 6.92 Å². The Balaban J connectivity index is 0.000000187. The van der Waals surface area contributed by atoms with Crippen LogP contribution in [0.25, 0.3) is 10.9 Å². The number of carbonyl (C=O) groups is 1. The van der Waals surface area contributed by atoms with Crippen LogP contribution in [-0.2, 0) is 4.79 Å². The van der Waals surface area contributed by atoms with Crippen molar-refractivity contribution < 1.29 is 9.90 Å². The zero-order chi connectivity index (χ0) is 12.0. The highest BCUT2D eigenvalue weighted by molar-refractivity contribution is 5.77. The number of nitrogens with two attached hydrogens (primary N) is 1. The van der Waals surface area contributed by atoms with Gasteiger partial charge in [0.1, 0.15) is 6.04 Å². The summed E-state index contributed by atoms with van der Waals surface area (Å²) < 4.78 is 0. The van der Waals surface area contributed by atoms with Gasteiger partial charge in [-0.15, -0.1) is 0 Å². The first-order valence-electron chi connectivity index (χ1n) is 4.89. The molecule has 16 heavy (non-hydrogen) atoms. The van der Waals surface area contributed by atoms with Crippen molar-refractivity contribution in [1.29, 1.82) is 0 Å². The van der Waals surface area contributed by atoms with E-state index in [4.69, 9.17) is 10.8 Å². The molecule has 3 N–H and O–H groups in total. The number of fused-ring (bicyclic) bond motifs is 1. The predicted molar refractivity (Wildman–Crippen MR) is 63.0 cm³/mol. The van der Waals surface area contributed by atoms with Crippen LogP contribution in [0.15, 0.2) is 42.6 Å². The molecule has 0 radical (unpaired) electrons. The summed E-state index contributed by atoms with van der Waals surface area (Å²) >= 11 is 0. The third-order valence-electron chi connectivity index (χ3n) is 1.90. The molecule has 2 rings (SSSR count). The predicted octanol–water partition coefficient (Wildman–Crippen LogP) is 1.65. The van der Waals surface area contributed by atoms with Gasteiger partial charge in [-0.3, -0.25) is 9.78 Å². The fourth-order valence-electron chi connectivity index (χ4n) is 1.02. The van der Waals surface area contributed by atoms with Crippen molar-refractivity contribution in [3.8, 4) is 0 Å². The van der Waals surface area contributed by atoms with E-state index in [0.717, 1.165) is 5.52 Å². The molecule has 4 nitrogen and oxygen atoms in total. The van der Waals surface area contributed by atoms with E-state index in [-0.39, 0.29) is 0 Å². The third-order valence-corrected chi connectivity index (χ3v) is 1.90. The molecule has 0 saturated heterocycles. The molecule has 0 aliphatic rings. The van der Waals surface area contributed by atoms with Gasteiger partial charge in [-0.2, -0.15) is 0 Å². The Bertz CT molecular complexity index is 404. The van der Waals surface area contributed by atoms with Gasteiger partial charge in [-0.1, -0.05) is 24.3 Å². The summed E-state index contributed by atoms with van der Waals surface area (Å²) in [6.45, 7) is 1.42. The topological polar surface area (TPSA) is 76.2 Å². The molecule has 1 heterocycles. The van der Waals surface area contributed by atoms with E-state index in [9.17, 15) is 4.79 Å². The van der Waals surface area contributed by atoms with Gasteiger partial charge >= 0.3 is 5.97 Å². The number of aromatic nitrogens is 1. The highest BCUT2D eigenvalue weighted by atomic mass is 16.4. The van der Waals surface area contributed by atoms with Crippen molar-refractivity contribution in [1.82, 2.24) is 4.98 Å². The lowest BCUT2D eigenvalue weighted by Gasteiger charge is -1.91. The van der Waals surface area contributed by atoms with Gasteiger partial charge in [0.25, 0.3) is 0 Å². The molecule has 0 saturated carbocycles. The molecule has 0 bridgehead atoms. The van der Waals surface area contributed by atoms with E-state index in [1.54, 1.807) is 0 Å². The van der Waals surface area contributed by atoms with Gasteiger partial charge < -0.3 is 10.8 Å². The van der Waals surface area contributed by atoms with E-state index in [2.05, 4.69) is 17.1 Å². The molecule has 1 atom stereocenters. The van der Waals surface area contributed by atoms with Gasteiger partial charge in [-0.05, 0) is 19.1 Å². The average molecular weight is 218 g/mol. The number of pyridine rings is 1. The highest BCUT2D eigenvalue weighted by Gasteiger charge is 1.99. The Morgan fingerprint density at radius 1 is 1.31 bits per heavy atom. The van der Waals surface area contributed by atoms with Crippen molar-refractivity contribution >= 4 is 16.9 Å². The molecule has 0 aliphatic heterocycles. The number of rotatable bonds is 1. The zero-order valence-electron chi connectivity index (χ0n) is 9.00. The Morgan fingerprint density at radius 3 is 2.44 bits per heavy atom. The van der Waals surface area contributed by atoms with Crippen molar-refractivity contribution in [3.63, 3.8) is 0 Å². The first-order valence-corrected chi connectivity index (χ1v) is 4.89. The van der Waals surface area contributed by atoms with E-state index in [1.807, 2.05) is 30.5 Å². The first-order chi connectivity index (χ1) is 7.61. The average Bonchev–Trinajstić information content (AvgIpc) is 2.30. The second-order valence-electron chi connectivity index (χ2n) is 3.32. The van der Waals surface area contributed by atoms with Gasteiger partial charge in [0.2, 0.25) is 0 Å². The summed E-state index contributed by atoms with van der Waals surface area (Å²) in [7, 11) is 0. The normalized spacial score (nSPS) is 11.4. The van der Waals surface area contributed by atoms with Crippen LogP contribution in [0.3, 0.4) is 0 Å². The SMILES string of the molecule is CC(N)C(=O)O.c1ccc2ncccc2c1. The maximum Gasteiger partial charge on any atom is 0.320 e. The van der Waals surface area contributed by atoms with Crippen molar-refractivity contribution in [3.05, 3.63) is 42.6 Å². The number of aliphatic carboxylic acids is 1. The van der Waals surface area contributed by atoms with E-state index < -0.39 is 12.0 Å². The molecule has 0 fully saturated rings. The lowest BCUT2D eigenvalue weighted by molar-refractivity contribution is -0.138. The summed E-state index contributed by atoms with van der Waals surface area (Å²) in [5, 5.41) is 9.06. The third kappa shape index (κ3) is 3.67. The number of carboxylic acids is 1. The Morgan fingerprint density at radius 2 is 1.88 bits per heavy atom. The highest BCUT2D eigenvalue weighted by Crippen LogP contribution is 2.07. The van der Waals surface area contributed by atoms with Crippen LogP contribution in [0.4, 0.5) is 0 Å². The fraction of sp³-hybridized carbons (Fsp3) is 0.167. The molecule has 4 heteroatoms. The van der Waals surface area contributed by atoms with E-state index >= 15 is 0 Å². The molecule has 0 aliphatic carbocycles. The van der Waals surface area contributed by atoms with Crippen LogP contribution in [0.5, 0.6) is 0 Å². The van der Waals surface area contributed by atoms with Gasteiger partial charge in [0.05, 0.1) is 5.52 Å². The summed E-state index contributed by atoms with van der Waals surface area (Å²) in [6, 6.07) is 11.4. The number of benzene rings is 1. The molecular weight excluding hydrogens is 204 g/mol. The number of hydrogen-bond donors (Lipinski definition) is 2. The minimum atomic E-state index is -0.963. The van der Waals surface area contributed by atoms with Crippen molar-refractivity contribution in [2.75, 3.05) is 0 Å². The standard InChI is InChI=1S/C9H7N.C3H7NO2/c1-2-6-9-8(4-1)5-3-7-10-9;1-2(4)3(5)6/h1-7H;2H,4H2,1H3,(H,5,6). The van der Waals surface area contributed by atoms with Crippen LogP contribution in [-0.4, -0.2) is 22.1 Å². The lowest BCUT2D eigenvalue weighted by atomic mass is 10.2. The van der Waals surface area contributed by atoms with Crippen LogP contribution in [0, 0.1) is 0 Å². The van der Waals surface area contributed by atoms with Crippen LogP contribution < -0.4 is 5.73 Å². The zero-order valence-corrected chi connectivity index (χ0v) is 9.00. The second kappa shape index (κ2) is 5.82. The number of para-hydroxylation sites is 1. The molecular formula is C12H14N2O2. The number of carboxylic acid groups (broad SMARTS) is 1. The summed E-state index contributed by atoms with van der Waals surface area (Å²) in [5.74, 6) is -0.963. The van der Waals surface area contributed by atoms with E-state index in [1.165, 1.54) is 12.3 Å². The fourth-order valence-corrected chi connectivity index (χ4v) is 1.02. The van der Waals surface area contributed by atoms with Crippen LogP contribution >= 0.6 is 0 Å². The van der Waals surface area contributed by atoms with Gasteiger partial charge in [0.15, 0.2) is 0 Å². The molecule has 1 unspecified atom stereocenters. The maximum absolute atomic E-state index is 9.57. The molecule has 1 aromatic carbocycles. The summed E-state index contributed by atoms with van der Waals surface area (Å²) in [4.78, 5) is 13.8. The summed E-state index contributed by atoms with van der Waals surface area (Å²) in [5.41, 5.74) is 5.90. The van der Waals surface area contributed by atoms with Crippen molar-refractivity contribution in [2.24, 2.45) is 5.73 Å². The largest absolute Gasteiger partial charge is 0.480 e. The molecule has 84 valence electrons.